The summed E-state index contributed by atoms with van der Waals surface area (Å²) in [7, 11) is 0. The highest BCUT2D eigenvalue weighted by molar-refractivity contribution is 14.1. The van der Waals surface area contributed by atoms with Gasteiger partial charge in [0.05, 0.1) is 6.26 Å². The van der Waals surface area contributed by atoms with Gasteiger partial charge in [-0.3, -0.25) is 0 Å². The van der Waals surface area contributed by atoms with Crippen LogP contribution in [0.3, 0.4) is 0 Å². The minimum absolute atomic E-state index is 0.284. The molecule has 0 aliphatic carbocycles. The summed E-state index contributed by atoms with van der Waals surface area (Å²) >= 11 is 2.12. The lowest BCUT2D eigenvalue weighted by Crippen LogP contribution is -2.05. The van der Waals surface area contributed by atoms with Crippen LogP contribution in [0, 0.1) is 14.9 Å². The Hall–Kier alpha value is -1.81. The molecule has 4 nitrogen and oxygen atoms in total. The van der Waals surface area contributed by atoms with E-state index in [4.69, 9.17) is 15.1 Å². The van der Waals surface area contributed by atoms with Gasteiger partial charge in [-0.2, -0.15) is 5.26 Å². The number of rotatable bonds is 1. The summed E-state index contributed by atoms with van der Waals surface area (Å²) in [5.74, 6) is -0.684. The molecule has 84 valence electrons. The van der Waals surface area contributed by atoms with Crippen molar-refractivity contribution in [2.75, 3.05) is 0 Å². The lowest BCUT2D eigenvalue weighted by Gasteiger charge is -2.15. The fourth-order valence-corrected chi connectivity index (χ4v) is 2.01. The maximum Gasteiger partial charge on any atom is 0.347 e. The first kappa shape index (κ1) is 11.7. The van der Waals surface area contributed by atoms with Gasteiger partial charge in [-0.05, 0) is 46.9 Å². The highest BCUT2D eigenvalue weighted by atomic mass is 127. The number of benzene rings is 1. The first-order chi connectivity index (χ1) is 8.13. The molecule has 1 N–H and O–H groups in total. The number of allylic oxidation sites excluding steroid dienone is 2. The zero-order valence-corrected chi connectivity index (χ0v) is 10.6. The molecule has 17 heavy (non-hydrogen) atoms. The molecule has 5 heteroatoms. The van der Waals surface area contributed by atoms with Gasteiger partial charge in [-0.15, -0.1) is 0 Å². The molecular weight excluding hydrogens is 333 g/mol. The highest BCUT2D eigenvalue weighted by Crippen LogP contribution is 2.34. The predicted molar refractivity (Wildman–Crippen MR) is 69.1 cm³/mol. The molecule has 1 aromatic rings. The number of carbonyl (C=O) groups is 1. The zero-order valence-electron chi connectivity index (χ0n) is 8.48. The van der Waals surface area contributed by atoms with Gasteiger partial charge in [0.25, 0.3) is 0 Å². The number of nitrogens with zero attached hydrogens (tertiary/aromatic N) is 1. The normalized spacial score (nSPS) is 15.5. The molecule has 0 atom stereocenters. The third-order valence-electron chi connectivity index (χ3n) is 2.26. The quantitative estimate of drug-likeness (QED) is 0.485. The Morgan fingerprint density at radius 2 is 2.24 bits per heavy atom. The van der Waals surface area contributed by atoms with E-state index < -0.39 is 5.97 Å². The van der Waals surface area contributed by atoms with E-state index in [1.54, 1.807) is 18.2 Å². The SMILES string of the molecule is N#C/C(C(=O)O)=C1/C=COc2ccc(I)cc21. The molecule has 0 aromatic heterocycles. The molecule has 0 saturated carbocycles. The molecule has 1 aromatic carbocycles. The van der Waals surface area contributed by atoms with Crippen LogP contribution in [0.1, 0.15) is 5.56 Å². The van der Waals surface area contributed by atoms with E-state index in [2.05, 4.69) is 22.6 Å². The Morgan fingerprint density at radius 1 is 1.47 bits per heavy atom. The van der Waals surface area contributed by atoms with Crippen LogP contribution in [0.5, 0.6) is 5.75 Å². The minimum Gasteiger partial charge on any atom is -0.477 e. The molecule has 2 rings (SSSR count). The molecule has 0 saturated heterocycles. The molecule has 0 bridgehead atoms. The smallest absolute Gasteiger partial charge is 0.347 e. The zero-order chi connectivity index (χ0) is 12.4. The molecule has 0 unspecified atom stereocenters. The molecule has 0 fully saturated rings. The van der Waals surface area contributed by atoms with Crippen molar-refractivity contribution in [1.29, 1.82) is 5.26 Å². The summed E-state index contributed by atoms with van der Waals surface area (Å²) in [6.07, 6.45) is 2.87. The number of carboxylic acids is 1. The van der Waals surface area contributed by atoms with Crippen LogP contribution in [-0.2, 0) is 4.79 Å². The Morgan fingerprint density at radius 3 is 2.88 bits per heavy atom. The van der Waals surface area contributed by atoms with Crippen molar-refractivity contribution in [2.24, 2.45) is 0 Å². The predicted octanol–water partition coefficient (Wildman–Crippen LogP) is 2.56. The summed E-state index contributed by atoms with van der Waals surface area (Å²) in [6, 6.07) is 7.09. The number of hydrogen-bond acceptors (Lipinski definition) is 3. The third kappa shape index (κ3) is 2.17. The number of hydrogen-bond donors (Lipinski definition) is 1. The molecule has 0 spiro atoms. The standard InChI is InChI=1S/C12H6INO3/c13-7-1-2-11-9(5-7)8(3-4-17-11)10(6-14)12(15)16/h1-5H,(H,15,16)/b10-8+. The molecular formula is C12H6INO3. The van der Waals surface area contributed by atoms with Gasteiger partial charge in [-0.25, -0.2) is 4.79 Å². The second-order valence-electron chi connectivity index (χ2n) is 3.27. The van der Waals surface area contributed by atoms with Crippen molar-refractivity contribution >= 4 is 34.1 Å². The summed E-state index contributed by atoms with van der Waals surface area (Å²) in [5, 5.41) is 17.8. The van der Waals surface area contributed by atoms with Gasteiger partial charge in [0.1, 0.15) is 17.4 Å². The monoisotopic (exact) mass is 339 g/mol. The van der Waals surface area contributed by atoms with Crippen LogP contribution in [0.15, 0.2) is 36.1 Å². The molecule has 1 aliphatic heterocycles. The fraction of sp³-hybridized carbons (Fsp3) is 0. The van der Waals surface area contributed by atoms with Crippen LogP contribution < -0.4 is 4.74 Å². The Kier molecular flexibility index (Phi) is 3.15. The summed E-state index contributed by atoms with van der Waals surface area (Å²) < 4.78 is 6.21. The first-order valence-corrected chi connectivity index (χ1v) is 5.72. The van der Waals surface area contributed by atoms with Gasteiger partial charge in [0, 0.05) is 14.7 Å². The number of nitriles is 1. The van der Waals surface area contributed by atoms with Crippen molar-refractivity contribution in [3.05, 3.63) is 45.2 Å². The van der Waals surface area contributed by atoms with Crippen molar-refractivity contribution in [3.63, 3.8) is 0 Å². The van der Waals surface area contributed by atoms with Crippen LogP contribution in [0.2, 0.25) is 0 Å². The van der Waals surface area contributed by atoms with E-state index in [0.29, 0.717) is 16.9 Å². The number of halogens is 1. The number of fused-ring (bicyclic) bond motifs is 1. The highest BCUT2D eigenvalue weighted by Gasteiger charge is 2.19. The van der Waals surface area contributed by atoms with Crippen LogP contribution in [0.4, 0.5) is 0 Å². The lowest BCUT2D eigenvalue weighted by atomic mass is 9.98. The first-order valence-electron chi connectivity index (χ1n) is 4.64. The number of ether oxygens (including phenoxy) is 1. The van der Waals surface area contributed by atoms with Gasteiger partial charge in [0.2, 0.25) is 0 Å². The second-order valence-corrected chi connectivity index (χ2v) is 4.51. The van der Waals surface area contributed by atoms with Gasteiger partial charge < -0.3 is 9.84 Å². The van der Waals surface area contributed by atoms with Crippen LogP contribution >= 0.6 is 22.6 Å². The van der Waals surface area contributed by atoms with Gasteiger partial charge >= 0.3 is 5.97 Å². The Labute approximate surface area is 111 Å². The van der Waals surface area contributed by atoms with E-state index in [9.17, 15) is 4.79 Å². The summed E-state index contributed by atoms with van der Waals surface area (Å²) in [6.45, 7) is 0. The van der Waals surface area contributed by atoms with Crippen molar-refractivity contribution in [3.8, 4) is 11.8 Å². The maximum atomic E-state index is 11.0. The Bertz CT molecular complexity index is 596. The van der Waals surface area contributed by atoms with Crippen LogP contribution in [0.25, 0.3) is 5.57 Å². The van der Waals surface area contributed by atoms with Crippen LogP contribution in [-0.4, -0.2) is 11.1 Å². The molecule has 1 heterocycles. The average Bonchev–Trinajstić information content (AvgIpc) is 2.30. The average molecular weight is 339 g/mol. The molecule has 0 amide bonds. The van der Waals surface area contributed by atoms with Crippen molar-refractivity contribution in [1.82, 2.24) is 0 Å². The third-order valence-corrected chi connectivity index (χ3v) is 2.93. The number of aliphatic carboxylic acids is 1. The topological polar surface area (TPSA) is 70.3 Å². The van der Waals surface area contributed by atoms with E-state index in [1.807, 2.05) is 6.07 Å². The van der Waals surface area contributed by atoms with E-state index in [1.165, 1.54) is 12.3 Å². The molecule has 1 aliphatic rings. The summed E-state index contributed by atoms with van der Waals surface area (Å²) in [4.78, 5) is 11.0. The van der Waals surface area contributed by atoms with E-state index in [0.717, 1.165) is 3.57 Å². The second kappa shape index (κ2) is 4.59. The lowest BCUT2D eigenvalue weighted by molar-refractivity contribution is -0.132. The molecule has 0 radical (unpaired) electrons. The number of carboxylic acid groups (broad SMARTS) is 1. The largest absolute Gasteiger partial charge is 0.477 e. The summed E-state index contributed by atoms with van der Waals surface area (Å²) in [5.41, 5.74) is 0.714. The maximum absolute atomic E-state index is 11.0. The van der Waals surface area contributed by atoms with Crippen molar-refractivity contribution < 1.29 is 14.6 Å². The van der Waals surface area contributed by atoms with Crippen molar-refractivity contribution in [2.45, 2.75) is 0 Å². The van der Waals surface area contributed by atoms with Gasteiger partial charge in [-0.1, -0.05) is 0 Å². The fourth-order valence-electron chi connectivity index (χ4n) is 1.52. The Balaban J connectivity index is 2.71. The van der Waals surface area contributed by atoms with Gasteiger partial charge in [0.15, 0.2) is 0 Å². The minimum atomic E-state index is -1.24. The van der Waals surface area contributed by atoms with E-state index in [-0.39, 0.29) is 5.57 Å². The van der Waals surface area contributed by atoms with E-state index >= 15 is 0 Å².